The molecule has 5 heteroatoms. The van der Waals surface area contributed by atoms with E-state index in [2.05, 4.69) is 4.98 Å². The first-order chi connectivity index (χ1) is 6.19. The molecule has 2 nitrogen and oxygen atoms in total. The molecule has 0 aliphatic heterocycles. The monoisotopic (exact) mass is 202 g/mol. The van der Waals surface area contributed by atoms with Crippen LogP contribution in [0.25, 0.3) is 0 Å². The molecule has 0 unspecified atom stereocenters. The molecule has 0 N–H and O–H groups in total. The molecule has 0 saturated heterocycles. The summed E-state index contributed by atoms with van der Waals surface area (Å²) in [6.45, 7) is 0. The Bertz CT molecular complexity index is 346. The second kappa shape index (κ2) is 4.15. The van der Waals surface area contributed by atoms with Crippen LogP contribution < -0.4 is 0 Å². The molecule has 0 saturated carbocycles. The summed E-state index contributed by atoms with van der Waals surface area (Å²) in [5.74, 6) is 0.0480. The molecule has 0 amide bonds. The van der Waals surface area contributed by atoms with Gasteiger partial charge >= 0.3 is 0 Å². The van der Waals surface area contributed by atoms with E-state index in [9.17, 15) is 8.78 Å². The fourth-order valence-electron chi connectivity index (χ4n) is 0.832. The van der Waals surface area contributed by atoms with Crippen molar-refractivity contribution in [3.05, 3.63) is 29.1 Å². The van der Waals surface area contributed by atoms with Gasteiger partial charge in [-0.3, -0.25) is 4.98 Å². The van der Waals surface area contributed by atoms with E-state index in [-0.39, 0.29) is 17.0 Å². The van der Waals surface area contributed by atoms with Crippen molar-refractivity contribution in [3.8, 4) is 6.07 Å². The topological polar surface area (TPSA) is 36.7 Å². The van der Waals surface area contributed by atoms with Crippen LogP contribution in [0.4, 0.5) is 8.78 Å². The van der Waals surface area contributed by atoms with Crippen LogP contribution in [0.15, 0.2) is 12.3 Å². The third-order valence-electron chi connectivity index (χ3n) is 1.49. The number of aromatic nitrogens is 1. The fourth-order valence-corrected chi connectivity index (χ4v) is 1.04. The lowest BCUT2D eigenvalue weighted by Gasteiger charge is -2.01. The number of alkyl halides is 3. The Hall–Kier alpha value is -1.21. The van der Waals surface area contributed by atoms with Crippen molar-refractivity contribution in [3.63, 3.8) is 0 Å². The fraction of sp³-hybridized carbons (Fsp3) is 0.250. The highest BCUT2D eigenvalue weighted by Gasteiger charge is 2.10. The Balaban J connectivity index is 3.15. The highest BCUT2D eigenvalue weighted by atomic mass is 35.5. The molecular weight excluding hydrogens is 198 g/mol. The second-order valence-corrected chi connectivity index (χ2v) is 2.58. The summed E-state index contributed by atoms with van der Waals surface area (Å²) in [5.41, 5.74) is 0.173. The van der Waals surface area contributed by atoms with Crippen LogP contribution in [0.3, 0.4) is 0 Å². The molecule has 0 radical (unpaired) electrons. The van der Waals surface area contributed by atoms with E-state index in [0.717, 1.165) is 12.3 Å². The van der Waals surface area contributed by atoms with E-state index < -0.39 is 6.43 Å². The van der Waals surface area contributed by atoms with Gasteiger partial charge in [0.05, 0.1) is 17.1 Å². The number of rotatable bonds is 2. The third-order valence-corrected chi connectivity index (χ3v) is 1.74. The Morgan fingerprint density at radius 1 is 1.62 bits per heavy atom. The van der Waals surface area contributed by atoms with E-state index >= 15 is 0 Å². The first kappa shape index (κ1) is 9.87. The van der Waals surface area contributed by atoms with Crippen molar-refractivity contribution < 1.29 is 8.78 Å². The number of hydrogen-bond donors (Lipinski definition) is 0. The largest absolute Gasteiger partial charge is 0.265 e. The molecule has 68 valence electrons. The van der Waals surface area contributed by atoms with Crippen molar-refractivity contribution in [2.75, 3.05) is 0 Å². The predicted molar refractivity (Wildman–Crippen MR) is 43.5 cm³/mol. The number of halogens is 3. The number of nitriles is 1. The first-order valence-electron chi connectivity index (χ1n) is 3.42. The van der Waals surface area contributed by atoms with E-state index in [1.165, 1.54) is 0 Å². The number of nitrogens with zero attached hydrogens (tertiary/aromatic N) is 2. The SMILES string of the molecule is N#Cc1cc(C(F)F)cnc1CCl. The van der Waals surface area contributed by atoms with Crippen LogP contribution in [0.1, 0.15) is 23.2 Å². The summed E-state index contributed by atoms with van der Waals surface area (Å²) in [4.78, 5) is 3.65. The molecule has 0 atom stereocenters. The average molecular weight is 203 g/mol. The molecule has 0 spiro atoms. The molecule has 1 heterocycles. The van der Waals surface area contributed by atoms with Crippen LogP contribution in [0.5, 0.6) is 0 Å². The second-order valence-electron chi connectivity index (χ2n) is 2.31. The van der Waals surface area contributed by atoms with Gasteiger partial charge in [-0.05, 0) is 6.07 Å². The van der Waals surface area contributed by atoms with Gasteiger partial charge in [0.15, 0.2) is 0 Å². The van der Waals surface area contributed by atoms with Crippen LogP contribution >= 0.6 is 11.6 Å². The minimum absolute atomic E-state index is 0.0480. The highest BCUT2D eigenvalue weighted by Crippen LogP contribution is 2.20. The highest BCUT2D eigenvalue weighted by molar-refractivity contribution is 6.17. The van der Waals surface area contributed by atoms with Gasteiger partial charge in [0.25, 0.3) is 6.43 Å². The van der Waals surface area contributed by atoms with E-state index in [0.29, 0.717) is 5.69 Å². The molecule has 0 aliphatic rings. The lowest BCUT2D eigenvalue weighted by Crippen LogP contribution is -1.95. The summed E-state index contributed by atoms with van der Waals surface area (Å²) >= 11 is 5.44. The van der Waals surface area contributed by atoms with Crippen LogP contribution in [0, 0.1) is 11.3 Å². The standard InChI is InChI=1S/C8H5ClF2N2/c9-2-7-5(3-12)1-6(4-13-7)8(10)11/h1,4,8H,2H2. The van der Waals surface area contributed by atoms with Gasteiger partial charge in [0.1, 0.15) is 6.07 Å². The van der Waals surface area contributed by atoms with E-state index in [1.807, 2.05) is 0 Å². The summed E-state index contributed by atoms with van der Waals surface area (Å²) < 4.78 is 24.3. The summed E-state index contributed by atoms with van der Waals surface area (Å²) in [6, 6.07) is 2.87. The van der Waals surface area contributed by atoms with Gasteiger partial charge in [0, 0.05) is 11.8 Å². The minimum Gasteiger partial charge on any atom is -0.258 e. The lowest BCUT2D eigenvalue weighted by atomic mass is 10.1. The zero-order chi connectivity index (χ0) is 9.84. The minimum atomic E-state index is -2.61. The number of pyridine rings is 1. The Labute approximate surface area is 78.8 Å². The van der Waals surface area contributed by atoms with Gasteiger partial charge < -0.3 is 0 Å². The van der Waals surface area contributed by atoms with Crippen molar-refractivity contribution >= 4 is 11.6 Å². The molecule has 0 aliphatic carbocycles. The average Bonchev–Trinajstić information content (AvgIpc) is 2.16. The first-order valence-corrected chi connectivity index (χ1v) is 3.95. The van der Waals surface area contributed by atoms with Gasteiger partial charge in [0.2, 0.25) is 0 Å². The van der Waals surface area contributed by atoms with Crippen LogP contribution in [0.2, 0.25) is 0 Å². The van der Waals surface area contributed by atoms with E-state index in [1.54, 1.807) is 6.07 Å². The summed E-state index contributed by atoms with van der Waals surface area (Å²) in [5, 5.41) is 8.56. The normalized spacial score (nSPS) is 10.1. The molecule has 1 aromatic rings. The maximum absolute atomic E-state index is 12.1. The van der Waals surface area contributed by atoms with Crippen molar-refractivity contribution in [2.24, 2.45) is 0 Å². The maximum atomic E-state index is 12.1. The van der Waals surface area contributed by atoms with Gasteiger partial charge in [-0.25, -0.2) is 8.78 Å². The smallest absolute Gasteiger partial charge is 0.258 e. The molecule has 1 rings (SSSR count). The van der Waals surface area contributed by atoms with Crippen LogP contribution in [-0.2, 0) is 5.88 Å². The van der Waals surface area contributed by atoms with Crippen LogP contribution in [-0.4, -0.2) is 4.98 Å². The zero-order valence-electron chi connectivity index (χ0n) is 6.47. The van der Waals surface area contributed by atoms with Gasteiger partial charge in [-0.15, -0.1) is 11.6 Å². The van der Waals surface area contributed by atoms with Crippen molar-refractivity contribution in [2.45, 2.75) is 12.3 Å². The Morgan fingerprint density at radius 3 is 2.77 bits per heavy atom. The lowest BCUT2D eigenvalue weighted by molar-refractivity contribution is 0.151. The summed E-state index contributed by atoms with van der Waals surface area (Å²) in [6.07, 6.45) is -1.58. The molecule has 0 aromatic carbocycles. The van der Waals surface area contributed by atoms with E-state index in [4.69, 9.17) is 16.9 Å². The molecule has 1 aromatic heterocycles. The quantitative estimate of drug-likeness (QED) is 0.692. The summed E-state index contributed by atoms with van der Waals surface area (Å²) in [7, 11) is 0. The third kappa shape index (κ3) is 2.13. The number of hydrogen-bond acceptors (Lipinski definition) is 2. The van der Waals surface area contributed by atoms with Gasteiger partial charge in [-0.1, -0.05) is 0 Å². The molecular formula is C8H5ClF2N2. The Morgan fingerprint density at radius 2 is 2.31 bits per heavy atom. The maximum Gasteiger partial charge on any atom is 0.265 e. The van der Waals surface area contributed by atoms with Crippen molar-refractivity contribution in [1.82, 2.24) is 4.98 Å². The molecule has 0 fully saturated rings. The Kier molecular flexibility index (Phi) is 3.15. The van der Waals surface area contributed by atoms with Crippen molar-refractivity contribution in [1.29, 1.82) is 5.26 Å². The molecule has 0 bridgehead atoms. The van der Waals surface area contributed by atoms with Gasteiger partial charge in [-0.2, -0.15) is 5.26 Å². The predicted octanol–water partition coefficient (Wildman–Crippen LogP) is 2.63. The zero-order valence-corrected chi connectivity index (χ0v) is 7.22. The molecule has 13 heavy (non-hydrogen) atoms.